The van der Waals surface area contributed by atoms with E-state index in [-0.39, 0.29) is 17.9 Å². The standard InChI is InChI=1S/C18H24N2O3/c1-18(2)10-14(19-12-17(21)23-4)9-15(11-18)20-13-5-7-16(22-3)8-6-13/h5-9,20H,10-12H2,1-4H3. The highest BCUT2D eigenvalue weighted by atomic mass is 16.5. The van der Waals surface area contributed by atoms with Crippen molar-refractivity contribution >= 4 is 17.4 Å². The molecule has 5 heteroatoms. The summed E-state index contributed by atoms with van der Waals surface area (Å²) in [6.07, 6.45) is 3.80. The second kappa shape index (κ2) is 7.31. The number of hydrogen-bond acceptors (Lipinski definition) is 5. The molecule has 0 atom stereocenters. The van der Waals surface area contributed by atoms with E-state index >= 15 is 0 Å². The van der Waals surface area contributed by atoms with Gasteiger partial charge in [0.05, 0.1) is 14.2 Å². The van der Waals surface area contributed by atoms with Gasteiger partial charge >= 0.3 is 5.97 Å². The van der Waals surface area contributed by atoms with Crippen LogP contribution in [0.1, 0.15) is 26.7 Å². The van der Waals surface area contributed by atoms with Gasteiger partial charge < -0.3 is 14.8 Å². The number of carbonyl (C=O) groups is 1. The Morgan fingerprint density at radius 2 is 1.91 bits per heavy atom. The largest absolute Gasteiger partial charge is 0.497 e. The molecule has 0 saturated carbocycles. The molecule has 0 spiro atoms. The first-order valence-electron chi connectivity index (χ1n) is 7.64. The third-order valence-electron chi connectivity index (χ3n) is 3.70. The average Bonchev–Trinajstić information content (AvgIpc) is 2.52. The van der Waals surface area contributed by atoms with Crippen LogP contribution in [0.25, 0.3) is 0 Å². The zero-order chi connectivity index (χ0) is 16.9. The molecule has 2 rings (SSSR count). The van der Waals surface area contributed by atoms with Gasteiger partial charge in [-0.1, -0.05) is 13.8 Å². The molecule has 0 amide bonds. The van der Waals surface area contributed by atoms with E-state index in [0.717, 1.165) is 35.7 Å². The molecule has 1 aromatic carbocycles. The molecule has 1 aliphatic carbocycles. The molecule has 1 N–H and O–H groups in total. The Hall–Kier alpha value is -2.30. The predicted molar refractivity (Wildman–Crippen MR) is 92.0 cm³/mol. The Morgan fingerprint density at radius 1 is 1.22 bits per heavy atom. The van der Waals surface area contributed by atoms with Crippen LogP contribution >= 0.6 is 0 Å². The van der Waals surface area contributed by atoms with Crippen molar-refractivity contribution < 1.29 is 14.3 Å². The number of rotatable bonds is 5. The van der Waals surface area contributed by atoms with Crippen LogP contribution in [0, 0.1) is 5.41 Å². The SMILES string of the molecule is COC(=O)CN=C1C=C(Nc2ccc(OC)cc2)CC(C)(C)C1. The number of allylic oxidation sites excluding steroid dienone is 2. The van der Waals surface area contributed by atoms with Crippen LogP contribution in [-0.4, -0.2) is 32.4 Å². The van der Waals surface area contributed by atoms with Gasteiger partial charge in [-0.05, 0) is 48.6 Å². The molecule has 23 heavy (non-hydrogen) atoms. The smallest absolute Gasteiger partial charge is 0.327 e. The zero-order valence-corrected chi connectivity index (χ0v) is 14.2. The van der Waals surface area contributed by atoms with E-state index in [0.29, 0.717) is 0 Å². The summed E-state index contributed by atoms with van der Waals surface area (Å²) >= 11 is 0. The fourth-order valence-electron chi connectivity index (χ4n) is 2.64. The molecule has 0 bridgehead atoms. The third kappa shape index (κ3) is 5.13. The lowest BCUT2D eigenvalue weighted by Crippen LogP contribution is -2.25. The second-order valence-corrected chi connectivity index (χ2v) is 6.42. The van der Waals surface area contributed by atoms with Gasteiger partial charge in [-0.2, -0.15) is 0 Å². The molecule has 124 valence electrons. The van der Waals surface area contributed by atoms with Gasteiger partial charge in [0.2, 0.25) is 0 Å². The van der Waals surface area contributed by atoms with Crippen molar-refractivity contribution in [3.63, 3.8) is 0 Å². The van der Waals surface area contributed by atoms with Crippen LogP contribution in [0.3, 0.4) is 0 Å². The molecule has 0 radical (unpaired) electrons. The van der Waals surface area contributed by atoms with E-state index in [4.69, 9.17) is 4.74 Å². The van der Waals surface area contributed by atoms with E-state index in [1.54, 1.807) is 7.11 Å². The maximum Gasteiger partial charge on any atom is 0.327 e. The number of benzene rings is 1. The van der Waals surface area contributed by atoms with Crippen LogP contribution < -0.4 is 10.1 Å². The summed E-state index contributed by atoms with van der Waals surface area (Å²) in [5, 5.41) is 3.43. The molecule has 0 heterocycles. The van der Waals surface area contributed by atoms with E-state index < -0.39 is 0 Å². The maximum absolute atomic E-state index is 11.3. The van der Waals surface area contributed by atoms with Gasteiger partial charge in [-0.25, -0.2) is 0 Å². The molecular formula is C18H24N2O3. The summed E-state index contributed by atoms with van der Waals surface area (Å²) in [5.74, 6) is 0.507. The lowest BCUT2D eigenvalue weighted by Gasteiger charge is -2.31. The number of aliphatic imine (C=N–C) groups is 1. The number of ether oxygens (including phenoxy) is 2. The van der Waals surface area contributed by atoms with Crippen molar-refractivity contribution in [3.05, 3.63) is 36.0 Å². The van der Waals surface area contributed by atoms with Crippen LogP contribution in [0.15, 0.2) is 41.0 Å². The third-order valence-corrected chi connectivity index (χ3v) is 3.70. The molecule has 5 nitrogen and oxygen atoms in total. The topological polar surface area (TPSA) is 59.9 Å². The van der Waals surface area contributed by atoms with Gasteiger partial charge in [0.25, 0.3) is 0 Å². The normalized spacial score (nSPS) is 18.3. The van der Waals surface area contributed by atoms with Gasteiger partial charge in [0.1, 0.15) is 12.3 Å². The fourth-order valence-corrected chi connectivity index (χ4v) is 2.64. The number of nitrogens with zero attached hydrogens (tertiary/aromatic N) is 1. The van der Waals surface area contributed by atoms with Crippen molar-refractivity contribution in [1.29, 1.82) is 0 Å². The Morgan fingerprint density at radius 3 is 2.52 bits per heavy atom. The number of hydrogen-bond donors (Lipinski definition) is 1. The molecule has 0 aromatic heterocycles. The Bertz CT molecular complexity index is 616. The molecule has 1 aromatic rings. The Balaban J connectivity index is 2.14. The summed E-state index contributed by atoms with van der Waals surface area (Å²) in [5.41, 5.74) is 3.11. The molecule has 0 saturated heterocycles. The summed E-state index contributed by atoms with van der Waals surface area (Å²) in [6, 6.07) is 7.80. The van der Waals surface area contributed by atoms with E-state index in [9.17, 15) is 4.79 Å². The highest BCUT2D eigenvalue weighted by Crippen LogP contribution is 2.34. The minimum absolute atomic E-state index is 0.0637. The minimum Gasteiger partial charge on any atom is -0.497 e. The molecular weight excluding hydrogens is 292 g/mol. The number of methoxy groups -OCH3 is 2. The number of carbonyl (C=O) groups excluding carboxylic acids is 1. The molecule has 0 unspecified atom stereocenters. The lowest BCUT2D eigenvalue weighted by atomic mass is 9.78. The van der Waals surface area contributed by atoms with Crippen molar-refractivity contribution in [3.8, 4) is 5.75 Å². The number of nitrogens with one attached hydrogen (secondary N) is 1. The van der Waals surface area contributed by atoms with Crippen LogP contribution in [0.5, 0.6) is 5.75 Å². The summed E-state index contributed by atoms with van der Waals surface area (Å²) in [4.78, 5) is 15.6. The fraction of sp³-hybridized carbons (Fsp3) is 0.444. The van der Waals surface area contributed by atoms with Crippen LogP contribution in [0.4, 0.5) is 5.69 Å². The van der Waals surface area contributed by atoms with Crippen LogP contribution in [0.2, 0.25) is 0 Å². The molecule has 0 fully saturated rings. The van der Waals surface area contributed by atoms with Crippen molar-refractivity contribution in [2.75, 3.05) is 26.1 Å². The predicted octanol–water partition coefficient (Wildman–Crippen LogP) is 3.43. The highest BCUT2D eigenvalue weighted by Gasteiger charge is 2.26. The average molecular weight is 316 g/mol. The first-order valence-corrected chi connectivity index (χ1v) is 7.64. The van der Waals surface area contributed by atoms with E-state index in [1.165, 1.54) is 7.11 Å². The zero-order valence-electron chi connectivity index (χ0n) is 14.2. The summed E-state index contributed by atoms with van der Waals surface area (Å²) in [7, 11) is 3.03. The molecule has 1 aliphatic rings. The Kier molecular flexibility index (Phi) is 5.42. The van der Waals surface area contributed by atoms with Gasteiger partial charge in [0, 0.05) is 17.1 Å². The summed E-state index contributed by atoms with van der Waals surface area (Å²) < 4.78 is 9.81. The second-order valence-electron chi connectivity index (χ2n) is 6.42. The van der Waals surface area contributed by atoms with Crippen molar-refractivity contribution in [1.82, 2.24) is 0 Å². The van der Waals surface area contributed by atoms with Gasteiger partial charge in [-0.15, -0.1) is 0 Å². The van der Waals surface area contributed by atoms with Crippen molar-refractivity contribution in [2.24, 2.45) is 10.4 Å². The minimum atomic E-state index is -0.320. The van der Waals surface area contributed by atoms with Crippen LogP contribution in [-0.2, 0) is 9.53 Å². The number of esters is 1. The number of anilines is 1. The van der Waals surface area contributed by atoms with E-state index in [2.05, 4.69) is 28.9 Å². The first-order chi connectivity index (χ1) is 10.9. The van der Waals surface area contributed by atoms with Crippen molar-refractivity contribution in [2.45, 2.75) is 26.7 Å². The van der Waals surface area contributed by atoms with Gasteiger partial charge in [-0.3, -0.25) is 9.79 Å². The highest BCUT2D eigenvalue weighted by molar-refractivity contribution is 5.98. The maximum atomic E-state index is 11.3. The lowest BCUT2D eigenvalue weighted by molar-refractivity contribution is -0.138. The Labute approximate surface area is 137 Å². The quantitative estimate of drug-likeness (QED) is 0.846. The summed E-state index contributed by atoms with van der Waals surface area (Å²) in [6.45, 7) is 4.46. The van der Waals surface area contributed by atoms with E-state index in [1.807, 2.05) is 30.3 Å². The first kappa shape index (κ1) is 17.1. The molecule has 0 aliphatic heterocycles. The van der Waals surface area contributed by atoms with Gasteiger partial charge in [0.15, 0.2) is 0 Å². The monoisotopic (exact) mass is 316 g/mol.